The fourth-order valence-electron chi connectivity index (χ4n) is 13.4. The van der Waals surface area contributed by atoms with E-state index < -0.39 is 93.1 Å². The highest BCUT2D eigenvalue weighted by Gasteiger charge is 2.32. The molecular weight excluding hydrogens is 1640 g/mol. The zero-order valence-corrected chi connectivity index (χ0v) is 76.3. The van der Waals surface area contributed by atoms with Gasteiger partial charge in [-0.25, -0.2) is 0 Å². The molecule has 39 N–H and O–H groups in total. The Kier molecular flexibility index (Phi) is 69.1. The number of nitrogens with one attached hydrogen (secondary N) is 1. The van der Waals surface area contributed by atoms with Crippen molar-refractivity contribution in [2.24, 2.45) is 154 Å². The van der Waals surface area contributed by atoms with Crippen LogP contribution in [0.2, 0.25) is 0 Å². The summed E-state index contributed by atoms with van der Waals surface area (Å²) in [7, 11) is 0. The molecular formula is C81H165N37O9. The van der Waals surface area contributed by atoms with Crippen LogP contribution in [0.5, 0.6) is 0 Å². The van der Waals surface area contributed by atoms with Gasteiger partial charge in [0.25, 0.3) is 0 Å². The number of aliphatic imine (C=N–C) groups is 9. The molecule has 0 heterocycles. The predicted octanol–water partition coefficient (Wildman–Crippen LogP) is -3.81. The predicted molar refractivity (Wildman–Crippen MR) is 507 cm³/mol. The monoisotopic (exact) mass is 1800 g/mol. The Morgan fingerprint density at radius 1 is 0.165 bits per heavy atom. The van der Waals surface area contributed by atoms with Crippen molar-refractivity contribution in [2.45, 2.75) is 231 Å². The van der Waals surface area contributed by atoms with Gasteiger partial charge in [0.15, 0.2) is 53.6 Å². The number of amides is 9. The molecule has 46 heteroatoms. The first-order chi connectivity index (χ1) is 60.7. The number of guanidine groups is 9. The first-order valence-electron chi connectivity index (χ1n) is 45.4. The summed E-state index contributed by atoms with van der Waals surface area (Å²) in [6.45, 7) is 0.996. The van der Waals surface area contributed by atoms with Crippen LogP contribution in [0.1, 0.15) is 231 Å². The molecule has 0 spiro atoms. The van der Waals surface area contributed by atoms with Gasteiger partial charge in [0, 0.05) is 111 Å². The third-order valence-corrected chi connectivity index (χ3v) is 20.3. The largest absolute Gasteiger partial charge is 0.370 e. The molecule has 0 rings (SSSR count). The highest BCUT2D eigenvalue weighted by molar-refractivity contribution is 5.94. The molecule has 0 saturated carbocycles. The van der Waals surface area contributed by atoms with Crippen LogP contribution in [0.25, 0.3) is 0 Å². The number of carbonyl (C=O) groups is 9. The van der Waals surface area contributed by atoms with Crippen molar-refractivity contribution in [3.8, 4) is 0 Å². The molecule has 0 saturated heterocycles. The lowest BCUT2D eigenvalue weighted by atomic mass is 10.1. The van der Waals surface area contributed by atoms with E-state index >= 15 is 28.8 Å². The molecule has 127 heavy (non-hydrogen) atoms. The lowest BCUT2D eigenvalue weighted by Crippen LogP contribution is -2.53. The van der Waals surface area contributed by atoms with E-state index in [-0.39, 0.29) is 125 Å². The quantitative estimate of drug-likeness (QED) is 0.0158. The number of carbonyl (C=O) groups excluding carboxylic acids is 9. The number of rotatable bonds is 81. The Morgan fingerprint density at radius 3 is 0.449 bits per heavy atom. The van der Waals surface area contributed by atoms with Crippen molar-refractivity contribution in [1.82, 2.24) is 44.5 Å². The maximum atomic E-state index is 15.6. The molecule has 0 atom stereocenters. The number of nitrogens with zero attached hydrogens (tertiary/aromatic N) is 17. The van der Waals surface area contributed by atoms with Gasteiger partial charge < -0.3 is 153 Å². The molecule has 0 aromatic rings. The highest BCUT2D eigenvalue weighted by Crippen LogP contribution is 2.16. The zero-order valence-electron chi connectivity index (χ0n) is 76.3. The Hall–Kier alpha value is -11.4. The van der Waals surface area contributed by atoms with E-state index in [9.17, 15) is 14.4 Å². The van der Waals surface area contributed by atoms with Crippen LogP contribution in [0.3, 0.4) is 0 Å². The summed E-state index contributed by atoms with van der Waals surface area (Å²) >= 11 is 0. The lowest BCUT2D eigenvalue weighted by Gasteiger charge is -2.33. The average molecular weight is 1800 g/mol. The van der Waals surface area contributed by atoms with E-state index in [0.29, 0.717) is 258 Å². The molecule has 0 aliphatic heterocycles. The molecule has 0 unspecified atom stereocenters. The Labute approximate surface area is 753 Å². The standard InChI is InChI=1S/C81H165N37O9/c82-64(119)56-111(47-29-11-3-21-39-103-74(85)86)66(121)58-113(49-31-13-5-23-41-105-76(89)90)68(123)60-115(51-33-15-7-25-43-107-78(93)94)70(125)62-117(53-35-17-9-27-45-109-80(97)98)72(127)63-118(54-36-18-10-28-46-110-81(99)100)71(126)61-116(52-34-16-8-26-44-108-79(95)96)69(124)59-114(50-32-14-6-24-42-106-77(91)92)67(122)57-112(48-30-12-4-22-40-104-75(87)88)65(120)55-101-37-19-1-2-20-38-102-73(83)84/h101H,1-63H2,(H2,82,119)(H4,83,84,102)(H4,85,86,103)(H4,87,88,104)(H4,89,90,105)(H4,91,92,106)(H4,93,94,107)(H4,95,96,108)(H4,97,98,109)(H4,99,100,110). The van der Waals surface area contributed by atoms with Crippen molar-refractivity contribution in [3.63, 3.8) is 0 Å². The van der Waals surface area contributed by atoms with Crippen LogP contribution in [-0.2, 0) is 43.2 Å². The van der Waals surface area contributed by atoms with Crippen LogP contribution < -0.4 is 114 Å². The van der Waals surface area contributed by atoms with Gasteiger partial charge in [0.05, 0.1) is 58.9 Å². The number of unbranched alkanes of at least 4 members (excludes halogenated alkanes) is 27. The summed E-state index contributed by atoms with van der Waals surface area (Å²) in [5.74, 6) is -5.36. The van der Waals surface area contributed by atoms with Crippen LogP contribution in [0, 0.1) is 0 Å². The fourth-order valence-corrected chi connectivity index (χ4v) is 13.4. The maximum Gasteiger partial charge on any atom is 0.242 e. The molecule has 0 aliphatic carbocycles. The van der Waals surface area contributed by atoms with Gasteiger partial charge in [-0.2, -0.15) is 0 Å². The molecule has 0 aromatic carbocycles. The normalized spacial score (nSPS) is 10.7. The fraction of sp³-hybridized carbons (Fsp3) is 0.778. The van der Waals surface area contributed by atoms with Crippen LogP contribution in [0.4, 0.5) is 0 Å². The maximum absolute atomic E-state index is 15.6. The second-order valence-corrected chi connectivity index (χ2v) is 31.7. The van der Waals surface area contributed by atoms with E-state index in [4.69, 9.17) is 109 Å². The molecule has 0 aliphatic rings. The van der Waals surface area contributed by atoms with Crippen LogP contribution in [-0.4, -0.2) is 323 Å². The van der Waals surface area contributed by atoms with E-state index in [0.717, 1.165) is 38.5 Å². The topological polar surface area (TPSA) is 797 Å². The molecule has 0 bridgehead atoms. The summed E-state index contributed by atoms with van der Waals surface area (Å²) in [4.78, 5) is 182. The van der Waals surface area contributed by atoms with Gasteiger partial charge in [-0.15, -0.1) is 0 Å². The number of hydrogen-bond acceptors (Lipinski definition) is 19. The van der Waals surface area contributed by atoms with Crippen molar-refractivity contribution in [1.29, 1.82) is 0 Å². The molecule has 0 radical (unpaired) electrons. The average Bonchev–Trinajstić information content (AvgIpc) is 0.857. The van der Waals surface area contributed by atoms with Crippen molar-refractivity contribution in [2.75, 3.05) is 177 Å². The lowest BCUT2D eigenvalue weighted by molar-refractivity contribution is -0.148. The summed E-state index contributed by atoms with van der Waals surface area (Å²) < 4.78 is 0. The molecule has 46 nitrogen and oxygen atoms in total. The summed E-state index contributed by atoms with van der Waals surface area (Å²) in [6, 6.07) is 0. The van der Waals surface area contributed by atoms with E-state index in [2.05, 4.69) is 50.2 Å². The first-order valence-corrected chi connectivity index (χ1v) is 45.4. The second kappa shape index (κ2) is 75.9. The summed E-state index contributed by atoms with van der Waals surface area (Å²) in [6.07, 6.45) is 22.3. The van der Waals surface area contributed by atoms with Gasteiger partial charge in [-0.05, 0) is 122 Å². The third kappa shape index (κ3) is 69.5. The molecule has 0 aromatic heterocycles. The van der Waals surface area contributed by atoms with Crippen molar-refractivity contribution < 1.29 is 43.2 Å². The minimum atomic E-state index is -0.753. The summed E-state index contributed by atoms with van der Waals surface area (Å²) in [5, 5.41) is 3.25. The Balaban J connectivity index is 8.29. The highest BCUT2D eigenvalue weighted by atomic mass is 16.2. The first kappa shape index (κ1) is 116. The smallest absolute Gasteiger partial charge is 0.242 e. The SMILES string of the molecule is NC(=O)CN(CCCCCCN=C(N)N)C(=O)CN(CCCCCCN=C(N)N)C(=O)CN(CCCCCCN=C(N)N)C(=O)CN(CCCCCCN=C(N)N)C(=O)CN(CCCCCCN=C(N)N)C(=O)CN(CCCCCCN=C(N)N)C(=O)CN(CCCCCCN=C(N)N)C(=O)CN(CCCCCCN=C(N)N)C(=O)CNCCCCCCN=C(N)N. The van der Waals surface area contributed by atoms with Crippen LogP contribution in [0.15, 0.2) is 44.9 Å². The van der Waals surface area contributed by atoms with Gasteiger partial charge in [0.1, 0.15) is 0 Å². The van der Waals surface area contributed by atoms with Crippen LogP contribution >= 0.6 is 0 Å². The van der Waals surface area contributed by atoms with E-state index in [1.54, 1.807) is 0 Å². The number of nitrogens with two attached hydrogens (primary N) is 19. The van der Waals surface area contributed by atoms with Gasteiger partial charge in [-0.1, -0.05) is 116 Å². The van der Waals surface area contributed by atoms with Gasteiger partial charge in [-0.3, -0.25) is 88.1 Å². The number of hydrogen-bond donors (Lipinski definition) is 20. The van der Waals surface area contributed by atoms with Crippen molar-refractivity contribution in [3.05, 3.63) is 0 Å². The number of primary amides is 1. The zero-order chi connectivity index (χ0) is 94.6. The Bertz CT molecular complexity index is 3340. The van der Waals surface area contributed by atoms with Gasteiger partial charge >= 0.3 is 0 Å². The molecule has 728 valence electrons. The van der Waals surface area contributed by atoms with E-state index in [1.807, 2.05) is 0 Å². The minimum absolute atomic E-state index is 0.0112. The summed E-state index contributed by atoms with van der Waals surface area (Å²) in [5.41, 5.74) is 106. The second-order valence-electron chi connectivity index (χ2n) is 31.7. The third-order valence-electron chi connectivity index (χ3n) is 20.3. The van der Waals surface area contributed by atoms with Gasteiger partial charge in [0.2, 0.25) is 53.2 Å². The Morgan fingerprint density at radius 2 is 0.299 bits per heavy atom. The molecule has 0 fully saturated rings. The van der Waals surface area contributed by atoms with Crippen molar-refractivity contribution >= 4 is 107 Å². The molecule has 9 amide bonds. The van der Waals surface area contributed by atoms with E-state index in [1.165, 1.54) is 39.2 Å². The minimum Gasteiger partial charge on any atom is -0.370 e.